The normalized spacial score (nSPS) is 16.2. The molecule has 2 aromatic heterocycles. The Morgan fingerprint density at radius 1 is 1.19 bits per heavy atom. The predicted molar refractivity (Wildman–Crippen MR) is 104 cm³/mol. The molecule has 0 bridgehead atoms. The SMILES string of the molecule is CC[C@@H](C)Nc1nc(NCCN2CCOCC2)cc(-c2ccncc2)n1. The highest BCUT2D eigenvalue weighted by molar-refractivity contribution is 5.63. The Kier molecular flexibility index (Phi) is 6.74. The molecule has 3 rings (SSSR count). The quantitative estimate of drug-likeness (QED) is 0.752. The van der Waals surface area contributed by atoms with Crippen LogP contribution in [0.2, 0.25) is 0 Å². The molecule has 2 N–H and O–H groups in total. The average Bonchev–Trinajstić information content (AvgIpc) is 2.69. The lowest BCUT2D eigenvalue weighted by atomic mass is 10.2. The minimum Gasteiger partial charge on any atom is -0.379 e. The predicted octanol–water partition coefficient (Wildman–Crippen LogP) is 2.49. The zero-order valence-corrected chi connectivity index (χ0v) is 15.6. The maximum atomic E-state index is 5.40. The summed E-state index contributed by atoms with van der Waals surface area (Å²) in [5.74, 6) is 1.49. The van der Waals surface area contributed by atoms with E-state index in [9.17, 15) is 0 Å². The fourth-order valence-corrected chi connectivity index (χ4v) is 2.76. The van der Waals surface area contributed by atoms with Gasteiger partial charge in [0.15, 0.2) is 0 Å². The van der Waals surface area contributed by atoms with Crippen molar-refractivity contribution in [1.82, 2.24) is 19.9 Å². The molecule has 0 saturated carbocycles. The van der Waals surface area contributed by atoms with Gasteiger partial charge in [0.2, 0.25) is 5.95 Å². The van der Waals surface area contributed by atoms with Gasteiger partial charge < -0.3 is 15.4 Å². The largest absolute Gasteiger partial charge is 0.379 e. The van der Waals surface area contributed by atoms with Gasteiger partial charge in [0.25, 0.3) is 0 Å². The summed E-state index contributed by atoms with van der Waals surface area (Å²) in [6, 6.07) is 6.25. The summed E-state index contributed by atoms with van der Waals surface area (Å²) in [5.41, 5.74) is 1.92. The van der Waals surface area contributed by atoms with Gasteiger partial charge in [0.05, 0.1) is 18.9 Å². The molecular weight excluding hydrogens is 328 g/mol. The van der Waals surface area contributed by atoms with Gasteiger partial charge in [-0.25, -0.2) is 4.98 Å². The van der Waals surface area contributed by atoms with Gasteiger partial charge in [0.1, 0.15) is 5.82 Å². The van der Waals surface area contributed by atoms with Crippen molar-refractivity contribution < 1.29 is 4.74 Å². The topological polar surface area (TPSA) is 75.2 Å². The summed E-state index contributed by atoms with van der Waals surface area (Å²) < 4.78 is 5.40. The number of nitrogens with one attached hydrogen (secondary N) is 2. The molecule has 0 aromatic carbocycles. The molecule has 140 valence electrons. The van der Waals surface area contributed by atoms with Crippen LogP contribution in [-0.2, 0) is 4.74 Å². The van der Waals surface area contributed by atoms with E-state index in [1.807, 2.05) is 18.2 Å². The molecule has 1 aliphatic rings. The van der Waals surface area contributed by atoms with E-state index in [4.69, 9.17) is 4.74 Å². The average molecular weight is 356 g/mol. The summed E-state index contributed by atoms with van der Waals surface area (Å²) in [6.45, 7) is 9.73. The molecule has 26 heavy (non-hydrogen) atoms. The third-order valence-electron chi connectivity index (χ3n) is 4.53. The lowest BCUT2D eigenvalue weighted by Gasteiger charge is -2.26. The molecule has 1 aliphatic heterocycles. The van der Waals surface area contributed by atoms with Crippen LogP contribution in [0, 0.1) is 0 Å². The van der Waals surface area contributed by atoms with Crippen molar-refractivity contribution in [3.8, 4) is 11.3 Å². The Bertz CT molecular complexity index is 675. The van der Waals surface area contributed by atoms with Crippen LogP contribution in [0.5, 0.6) is 0 Å². The lowest BCUT2D eigenvalue weighted by Crippen LogP contribution is -2.39. The number of morpholine rings is 1. The lowest BCUT2D eigenvalue weighted by molar-refractivity contribution is 0.0398. The van der Waals surface area contributed by atoms with Gasteiger partial charge in [0, 0.05) is 56.2 Å². The number of anilines is 2. The van der Waals surface area contributed by atoms with Crippen molar-refractivity contribution >= 4 is 11.8 Å². The molecule has 1 fully saturated rings. The van der Waals surface area contributed by atoms with Crippen molar-refractivity contribution in [2.45, 2.75) is 26.3 Å². The third kappa shape index (κ3) is 5.37. The van der Waals surface area contributed by atoms with Crippen molar-refractivity contribution in [3.63, 3.8) is 0 Å². The zero-order chi connectivity index (χ0) is 18.2. The molecule has 2 aromatic rings. The molecule has 0 amide bonds. The van der Waals surface area contributed by atoms with Gasteiger partial charge in [-0.3, -0.25) is 9.88 Å². The molecule has 0 radical (unpaired) electrons. The van der Waals surface area contributed by atoms with E-state index < -0.39 is 0 Å². The Morgan fingerprint density at radius 3 is 2.69 bits per heavy atom. The van der Waals surface area contributed by atoms with Gasteiger partial charge in [-0.05, 0) is 25.5 Å². The van der Waals surface area contributed by atoms with E-state index in [-0.39, 0.29) is 0 Å². The fraction of sp³-hybridized carbons (Fsp3) is 0.526. The van der Waals surface area contributed by atoms with Crippen LogP contribution in [0.3, 0.4) is 0 Å². The Labute approximate surface area is 155 Å². The molecule has 1 saturated heterocycles. The Morgan fingerprint density at radius 2 is 1.96 bits per heavy atom. The highest BCUT2D eigenvalue weighted by atomic mass is 16.5. The number of pyridine rings is 1. The summed E-state index contributed by atoms with van der Waals surface area (Å²) in [4.78, 5) is 15.8. The van der Waals surface area contributed by atoms with E-state index in [1.54, 1.807) is 12.4 Å². The van der Waals surface area contributed by atoms with Crippen molar-refractivity contribution in [2.75, 3.05) is 50.0 Å². The minimum atomic E-state index is 0.323. The van der Waals surface area contributed by atoms with Gasteiger partial charge in [-0.15, -0.1) is 0 Å². The molecule has 0 spiro atoms. The van der Waals surface area contributed by atoms with Crippen LogP contribution in [0.25, 0.3) is 11.3 Å². The van der Waals surface area contributed by atoms with Gasteiger partial charge in [-0.1, -0.05) is 6.92 Å². The molecule has 0 aliphatic carbocycles. The summed E-state index contributed by atoms with van der Waals surface area (Å²) in [7, 11) is 0. The summed E-state index contributed by atoms with van der Waals surface area (Å²) in [6.07, 6.45) is 4.58. The second kappa shape index (κ2) is 9.45. The van der Waals surface area contributed by atoms with Gasteiger partial charge >= 0.3 is 0 Å². The van der Waals surface area contributed by atoms with Crippen molar-refractivity contribution in [3.05, 3.63) is 30.6 Å². The number of aromatic nitrogens is 3. The monoisotopic (exact) mass is 356 g/mol. The highest BCUT2D eigenvalue weighted by Crippen LogP contribution is 2.21. The first-order valence-electron chi connectivity index (χ1n) is 9.34. The Hall–Kier alpha value is -2.25. The molecule has 1 atom stereocenters. The number of rotatable bonds is 8. The number of hydrogen-bond acceptors (Lipinski definition) is 7. The molecule has 0 unspecified atom stereocenters. The smallest absolute Gasteiger partial charge is 0.225 e. The second-order valence-electron chi connectivity index (χ2n) is 6.53. The fourth-order valence-electron chi connectivity index (χ4n) is 2.76. The van der Waals surface area contributed by atoms with Crippen LogP contribution >= 0.6 is 0 Å². The zero-order valence-electron chi connectivity index (χ0n) is 15.6. The van der Waals surface area contributed by atoms with Crippen molar-refractivity contribution in [2.24, 2.45) is 0 Å². The van der Waals surface area contributed by atoms with E-state index in [2.05, 4.69) is 44.3 Å². The van der Waals surface area contributed by atoms with Gasteiger partial charge in [-0.2, -0.15) is 4.98 Å². The van der Waals surface area contributed by atoms with E-state index in [0.29, 0.717) is 12.0 Å². The third-order valence-corrected chi connectivity index (χ3v) is 4.53. The Balaban J connectivity index is 1.71. The second-order valence-corrected chi connectivity index (χ2v) is 6.53. The van der Waals surface area contributed by atoms with Crippen LogP contribution in [0.1, 0.15) is 20.3 Å². The molecule has 7 heteroatoms. The first-order chi connectivity index (χ1) is 12.7. The van der Waals surface area contributed by atoms with Crippen LogP contribution in [-0.4, -0.2) is 65.3 Å². The molecule has 3 heterocycles. The maximum absolute atomic E-state index is 5.40. The standard InChI is InChI=1S/C19H28N6O/c1-3-15(2)22-19-23-17(16-4-6-20-7-5-16)14-18(24-19)21-8-9-25-10-12-26-13-11-25/h4-7,14-15H,3,8-13H2,1-2H3,(H2,21,22,23,24)/t15-/m1/s1. The minimum absolute atomic E-state index is 0.323. The first-order valence-corrected chi connectivity index (χ1v) is 9.34. The summed E-state index contributed by atoms with van der Waals surface area (Å²) >= 11 is 0. The van der Waals surface area contributed by atoms with Crippen molar-refractivity contribution in [1.29, 1.82) is 0 Å². The number of ether oxygens (including phenoxy) is 1. The van der Waals surface area contributed by atoms with E-state index in [0.717, 1.165) is 62.9 Å². The first kappa shape index (κ1) is 18.5. The number of hydrogen-bond donors (Lipinski definition) is 2. The maximum Gasteiger partial charge on any atom is 0.225 e. The molecule has 7 nitrogen and oxygen atoms in total. The summed E-state index contributed by atoms with van der Waals surface area (Å²) in [5, 5.41) is 6.82. The van der Waals surface area contributed by atoms with Crippen LogP contribution < -0.4 is 10.6 Å². The number of nitrogens with zero attached hydrogens (tertiary/aromatic N) is 4. The van der Waals surface area contributed by atoms with Crippen LogP contribution in [0.4, 0.5) is 11.8 Å². The van der Waals surface area contributed by atoms with E-state index in [1.165, 1.54) is 0 Å². The highest BCUT2D eigenvalue weighted by Gasteiger charge is 2.11. The van der Waals surface area contributed by atoms with Crippen LogP contribution in [0.15, 0.2) is 30.6 Å². The van der Waals surface area contributed by atoms with E-state index >= 15 is 0 Å². The molecular formula is C19H28N6O.